The van der Waals surface area contributed by atoms with Crippen LogP contribution in [-0.2, 0) is 0 Å². The SMILES string of the molecule is COc1ccc(-c2csc(C3=C(O)CN([C@@H](C)c4ccccc4)C3=N)n2)cc1. The van der Waals surface area contributed by atoms with Gasteiger partial charge in [0.25, 0.3) is 0 Å². The summed E-state index contributed by atoms with van der Waals surface area (Å²) in [7, 11) is 1.64. The summed E-state index contributed by atoms with van der Waals surface area (Å²) < 4.78 is 5.20. The summed E-state index contributed by atoms with van der Waals surface area (Å²) in [4.78, 5) is 6.57. The van der Waals surface area contributed by atoms with Gasteiger partial charge in [-0.15, -0.1) is 11.3 Å². The number of hydrogen-bond acceptors (Lipinski definition) is 5. The first-order valence-electron chi connectivity index (χ1n) is 9.01. The van der Waals surface area contributed by atoms with Crippen LogP contribution in [0.5, 0.6) is 5.75 Å². The summed E-state index contributed by atoms with van der Waals surface area (Å²) in [6.07, 6.45) is 0. The molecule has 0 amide bonds. The van der Waals surface area contributed by atoms with Crippen LogP contribution < -0.4 is 4.74 Å². The fraction of sp³-hybridized carbons (Fsp3) is 0.182. The van der Waals surface area contributed by atoms with E-state index in [9.17, 15) is 5.11 Å². The molecule has 3 aromatic rings. The summed E-state index contributed by atoms with van der Waals surface area (Å²) in [6.45, 7) is 2.37. The molecule has 5 nitrogen and oxygen atoms in total. The quantitative estimate of drug-likeness (QED) is 0.632. The Bertz CT molecular complexity index is 1030. The molecule has 6 heteroatoms. The molecule has 142 valence electrons. The van der Waals surface area contributed by atoms with Crippen LogP contribution in [0.4, 0.5) is 0 Å². The minimum absolute atomic E-state index is 0.00521. The van der Waals surface area contributed by atoms with Gasteiger partial charge in [0.2, 0.25) is 0 Å². The Hall–Kier alpha value is -3.12. The first-order chi connectivity index (χ1) is 13.6. The maximum absolute atomic E-state index is 10.6. The maximum atomic E-state index is 10.6. The van der Waals surface area contributed by atoms with Crippen LogP contribution >= 0.6 is 11.3 Å². The van der Waals surface area contributed by atoms with Crippen LogP contribution in [0.3, 0.4) is 0 Å². The summed E-state index contributed by atoms with van der Waals surface area (Å²) in [6, 6.07) is 17.7. The van der Waals surface area contributed by atoms with Crippen molar-refractivity contribution in [1.29, 1.82) is 5.41 Å². The average Bonchev–Trinajstić information content (AvgIpc) is 3.32. The zero-order chi connectivity index (χ0) is 19.7. The number of hydrogen-bond donors (Lipinski definition) is 2. The summed E-state index contributed by atoms with van der Waals surface area (Å²) in [5, 5.41) is 21.8. The van der Waals surface area contributed by atoms with E-state index in [1.165, 1.54) is 11.3 Å². The van der Waals surface area contributed by atoms with Gasteiger partial charge in [0.1, 0.15) is 22.4 Å². The van der Waals surface area contributed by atoms with Gasteiger partial charge in [-0.1, -0.05) is 30.3 Å². The van der Waals surface area contributed by atoms with Crippen LogP contribution in [0.2, 0.25) is 0 Å². The Morgan fingerprint density at radius 2 is 1.86 bits per heavy atom. The molecule has 0 aliphatic carbocycles. The van der Waals surface area contributed by atoms with Crippen LogP contribution in [0, 0.1) is 5.41 Å². The van der Waals surface area contributed by atoms with Crippen LogP contribution in [-0.4, -0.2) is 34.5 Å². The highest BCUT2D eigenvalue weighted by Crippen LogP contribution is 2.36. The highest BCUT2D eigenvalue weighted by atomic mass is 32.1. The third-order valence-electron chi connectivity index (χ3n) is 4.99. The molecule has 0 fully saturated rings. The summed E-state index contributed by atoms with van der Waals surface area (Å²) in [5.74, 6) is 1.30. The first kappa shape index (κ1) is 18.3. The fourth-order valence-electron chi connectivity index (χ4n) is 3.35. The third-order valence-corrected chi connectivity index (χ3v) is 5.85. The molecule has 0 saturated carbocycles. The molecule has 2 heterocycles. The lowest BCUT2D eigenvalue weighted by molar-refractivity contribution is 0.310. The molecular weight excluding hydrogens is 370 g/mol. The summed E-state index contributed by atoms with van der Waals surface area (Å²) >= 11 is 1.44. The topological polar surface area (TPSA) is 69.4 Å². The Balaban J connectivity index is 1.58. The zero-order valence-corrected chi connectivity index (χ0v) is 16.5. The molecule has 1 aliphatic rings. The molecule has 0 bridgehead atoms. The van der Waals surface area contributed by atoms with Crippen molar-refractivity contribution in [2.24, 2.45) is 0 Å². The minimum Gasteiger partial charge on any atom is -0.510 e. The lowest BCUT2D eigenvalue weighted by Gasteiger charge is -2.26. The Labute approximate surface area is 168 Å². The number of nitrogens with zero attached hydrogens (tertiary/aromatic N) is 2. The van der Waals surface area contributed by atoms with E-state index in [-0.39, 0.29) is 11.8 Å². The van der Waals surface area contributed by atoms with Crippen molar-refractivity contribution >= 4 is 22.7 Å². The number of aliphatic hydroxyl groups is 1. The van der Waals surface area contributed by atoms with Crippen molar-refractivity contribution in [2.75, 3.05) is 13.7 Å². The molecule has 0 spiro atoms. The number of benzene rings is 2. The Morgan fingerprint density at radius 3 is 2.54 bits per heavy atom. The lowest BCUT2D eigenvalue weighted by Crippen LogP contribution is -2.29. The van der Waals surface area contributed by atoms with Crippen LogP contribution in [0.25, 0.3) is 16.8 Å². The van der Waals surface area contributed by atoms with Crippen molar-refractivity contribution < 1.29 is 9.84 Å². The van der Waals surface area contributed by atoms with E-state index in [0.29, 0.717) is 23.0 Å². The molecule has 0 saturated heterocycles. The number of amidine groups is 1. The van der Waals surface area contributed by atoms with Crippen LogP contribution in [0.1, 0.15) is 23.5 Å². The van der Waals surface area contributed by atoms with E-state index in [1.807, 2.05) is 71.8 Å². The second-order valence-corrected chi connectivity index (χ2v) is 7.51. The average molecular weight is 391 g/mol. The number of methoxy groups -OCH3 is 1. The van der Waals surface area contributed by atoms with E-state index < -0.39 is 0 Å². The number of aromatic nitrogens is 1. The molecule has 0 unspecified atom stereocenters. The maximum Gasteiger partial charge on any atom is 0.135 e. The standard InChI is InChI=1S/C22H21N3O2S/c1-14(15-6-4-3-5-7-15)25-12-19(26)20(21(25)23)22-24-18(13-28-22)16-8-10-17(27-2)11-9-16/h3-11,13-14,23,26H,12H2,1-2H3/t14-/m0/s1. The van der Waals surface area contributed by atoms with Crippen molar-refractivity contribution in [2.45, 2.75) is 13.0 Å². The molecule has 0 radical (unpaired) electrons. The highest BCUT2D eigenvalue weighted by molar-refractivity contribution is 7.11. The predicted octanol–water partition coefficient (Wildman–Crippen LogP) is 5.14. The Morgan fingerprint density at radius 1 is 1.14 bits per heavy atom. The van der Waals surface area contributed by atoms with Gasteiger partial charge in [-0.2, -0.15) is 0 Å². The molecule has 28 heavy (non-hydrogen) atoms. The molecule has 4 rings (SSSR count). The fourth-order valence-corrected chi connectivity index (χ4v) is 4.24. The monoisotopic (exact) mass is 391 g/mol. The normalized spacial score (nSPS) is 15.2. The second kappa shape index (κ2) is 7.48. The smallest absolute Gasteiger partial charge is 0.135 e. The number of ether oxygens (including phenoxy) is 1. The van der Waals surface area contributed by atoms with E-state index in [1.54, 1.807) is 7.11 Å². The van der Waals surface area contributed by atoms with Gasteiger partial charge in [-0.3, -0.25) is 5.41 Å². The van der Waals surface area contributed by atoms with Gasteiger partial charge in [0.15, 0.2) is 0 Å². The van der Waals surface area contributed by atoms with E-state index >= 15 is 0 Å². The summed E-state index contributed by atoms with van der Waals surface area (Å²) in [5.41, 5.74) is 3.43. The molecule has 2 aromatic carbocycles. The zero-order valence-electron chi connectivity index (χ0n) is 15.7. The molecule has 1 aliphatic heterocycles. The van der Waals surface area contributed by atoms with Crippen molar-refractivity contribution in [1.82, 2.24) is 9.88 Å². The van der Waals surface area contributed by atoms with E-state index in [4.69, 9.17) is 10.1 Å². The molecule has 1 aromatic heterocycles. The van der Waals surface area contributed by atoms with Gasteiger partial charge in [-0.05, 0) is 36.8 Å². The van der Waals surface area contributed by atoms with Crippen molar-refractivity contribution in [3.05, 3.63) is 76.3 Å². The molecular formula is C22H21N3O2S. The van der Waals surface area contributed by atoms with Gasteiger partial charge < -0.3 is 14.7 Å². The second-order valence-electron chi connectivity index (χ2n) is 6.65. The third kappa shape index (κ3) is 3.27. The largest absolute Gasteiger partial charge is 0.510 e. The van der Waals surface area contributed by atoms with Gasteiger partial charge >= 0.3 is 0 Å². The van der Waals surface area contributed by atoms with Gasteiger partial charge in [0, 0.05) is 10.9 Å². The number of aliphatic hydroxyl groups excluding tert-OH is 1. The lowest BCUT2D eigenvalue weighted by atomic mass is 10.1. The number of rotatable bonds is 5. The van der Waals surface area contributed by atoms with Crippen molar-refractivity contribution in [3.8, 4) is 17.0 Å². The van der Waals surface area contributed by atoms with E-state index in [2.05, 4.69) is 4.98 Å². The van der Waals surface area contributed by atoms with Crippen molar-refractivity contribution in [3.63, 3.8) is 0 Å². The number of nitrogens with one attached hydrogen (secondary N) is 1. The van der Waals surface area contributed by atoms with E-state index in [0.717, 1.165) is 22.6 Å². The highest BCUT2D eigenvalue weighted by Gasteiger charge is 2.33. The first-order valence-corrected chi connectivity index (χ1v) is 9.89. The van der Waals surface area contributed by atoms with Gasteiger partial charge in [-0.25, -0.2) is 4.98 Å². The molecule has 2 N–H and O–H groups in total. The Kier molecular flexibility index (Phi) is 4.88. The predicted molar refractivity (Wildman–Crippen MR) is 113 cm³/mol. The molecule has 1 atom stereocenters. The minimum atomic E-state index is -0.00521. The van der Waals surface area contributed by atoms with Gasteiger partial charge in [0.05, 0.1) is 31.0 Å². The number of thiazole rings is 1. The van der Waals surface area contributed by atoms with Crippen LogP contribution in [0.15, 0.2) is 65.7 Å².